The largest absolute Gasteiger partial charge is 0.481 e. The fraction of sp³-hybridized carbons (Fsp3) is 0.250. The van der Waals surface area contributed by atoms with E-state index >= 15 is 0 Å². The summed E-state index contributed by atoms with van der Waals surface area (Å²) in [5, 5.41) is 19.4. The summed E-state index contributed by atoms with van der Waals surface area (Å²) in [7, 11) is 0. The van der Waals surface area contributed by atoms with Gasteiger partial charge < -0.3 is 21.3 Å². The van der Waals surface area contributed by atoms with E-state index in [1.54, 1.807) is 0 Å². The number of aliphatic carboxylic acids is 2. The molecule has 0 aliphatic carbocycles. The van der Waals surface area contributed by atoms with Gasteiger partial charge in [0, 0.05) is 12.1 Å². The first-order valence-corrected chi connectivity index (χ1v) is 5.61. The first-order valence-electron chi connectivity index (χ1n) is 5.61. The maximum Gasteiger partial charge on any atom is 0.326 e. The molecule has 5 N–H and O–H groups in total. The number of nitrogens with two attached hydrogens (primary N) is 1. The van der Waals surface area contributed by atoms with Crippen LogP contribution < -0.4 is 11.1 Å². The lowest BCUT2D eigenvalue weighted by molar-refractivity contribution is -0.140. The smallest absolute Gasteiger partial charge is 0.326 e. The Labute approximate surface area is 113 Å². The van der Waals surface area contributed by atoms with Crippen molar-refractivity contribution in [3.8, 4) is 0 Å². The molecule has 0 aromatic heterocycles. The molecule has 1 aromatic rings. The van der Waals surface area contributed by atoms with Gasteiger partial charge in [-0.05, 0) is 24.6 Å². The first kappa shape index (κ1) is 15.4. The number of carboxylic acids is 2. The molecule has 0 aliphatic heterocycles. The molecule has 0 saturated heterocycles. The van der Waals surface area contributed by atoms with Crippen molar-refractivity contribution in [1.29, 1.82) is 0 Å². The van der Waals surface area contributed by atoms with Crippen LogP contribution in [0.1, 0.15) is 23.2 Å². The summed E-state index contributed by atoms with van der Waals surface area (Å²) in [6, 6.07) is 1.94. The molecule has 0 aliphatic rings. The number of hydrogen-bond acceptors (Lipinski definition) is 4. The zero-order valence-electron chi connectivity index (χ0n) is 10.3. The van der Waals surface area contributed by atoms with Crippen LogP contribution in [0.2, 0.25) is 0 Å². The molecular formula is C12H13FN2O5. The minimum absolute atomic E-state index is 0.125. The number of rotatable bonds is 6. The summed E-state index contributed by atoms with van der Waals surface area (Å²) >= 11 is 0. The lowest BCUT2D eigenvalue weighted by atomic mass is 10.1. The fourth-order valence-electron chi connectivity index (χ4n) is 1.48. The van der Waals surface area contributed by atoms with Crippen molar-refractivity contribution in [1.82, 2.24) is 5.32 Å². The van der Waals surface area contributed by atoms with Crippen molar-refractivity contribution in [3.63, 3.8) is 0 Å². The number of anilines is 1. The Hall–Kier alpha value is -2.64. The van der Waals surface area contributed by atoms with Crippen molar-refractivity contribution in [2.75, 3.05) is 5.73 Å². The van der Waals surface area contributed by atoms with E-state index in [9.17, 15) is 18.8 Å². The van der Waals surface area contributed by atoms with Gasteiger partial charge in [-0.15, -0.1) is 0 Å². The third kappa shape index (κ3) is 4.23. The lowest BCUT2D eigenvalue weighted by Gasteiger charge is -2.14. The Bertz CT molecular complexity index is 547. The van der Waals surface area contributed by atoms with Crippen molar-refractivity contribution < 1.29 is 29.0 Å². The van der Waals surface area contributed by atoms with Crippen LogP contribution >= 0.6 is 0 Å². The van der Waals surface area contributed by atoms with Gasteiger partial charge in [0.1, 0.15) is 11.9 Å². The number of carbonyl (C=O) groups is 3. The van der Waals surface area contributed by atoms with Gasteiger partial charge in [-0.2, -0.15) is 0 Å². The van der Waals surface area contributed by atoms with E-state index in [1.165, 1.54) is 6.07 Å². The van der Waals surface area contributed by atoms with E-state index in [1.807, 2.05) is 0 Å². The molecule has 8 heteroatoms. The summed E-state index contributed by atoms with van der Waals surface area (Å²) < 4.78 is 13.5. The van der Waals surface area contributed by atoms with Crippen LogP contribution in [0.3, 0.4) is 0 Å². The maximum atomic E-state index is 13.5. The molecule has 1 rings (SSSR count). The average Bonchev–Trinajstić information content (AvgIpc) is 2.33. The Kier molecular flexibility index (Phi) is 5.01. The summed E-state index contributed by atoms with van der Waals surface area (Å²) in [4.78, 5) is 33.0. The number of benzene rings is 1. The van der Waals surface area contributed by atoms with Crippen LogP contribution in [0.15, 0.2) is 18.2 Å². The number of nitrogen functional groups attached to an aromatic ring is 1. The molecule has 1 unspecified atom stereocenters. The van der Waals surface area contributed by atoms with Crippen molar-refractivity contribution >= 4 is 23.5 Å². The van der Waals surface area contributed by atoms with Gasteiger partial charge in [-0.25, -0.2) is 9.18 Å². The molecule has 0 fully saturated rings. The fourth-order valence-corrected chi connectivity index (χ4v) is 1.48. The third-order valence-electron chi connectivity index (χ3n) is 2.49. The topological polar surface area (TPSA) is 130 Å². The van der Waals surface area contributed by atoms with Crippen molar-refractivity contribution in [2.45, 2.75) is 18.9 Å². The quantitative estimate of drug-likeness (QED) is 0.561. The van der Waals surface area contributed by atoms with Crippen LogP contribution in [0.5, 0.6) is 0 Å². The van der Waals surface area contributed by atoms with Gasteiger partial charge in [-0.3, -0.25) is 9.59 Å². The number of carboxylic acid groups (broad SMARTS) is 2. The Morgan fingerprint density at radius 3 is 2.45 bits per heavy atom. The third-order valence-corrected chi connectivity index (χ3v) is 2.49. The zero-order valence-corrected chi connectivity index (χ0v) is 10.3. The molecule has 0 radical (unpaired) electrons. The van der Waals surface area contributed by atoms with Gasteiger partial charge >= 0.3 is 11.9 Å². The molecule has 0 spiro atoms. The highest BCUT2D eigenvalue weighted by Crippen LogP contribution is 2.12. The predicted molar refractivity (Wildman–Crippen MR) is 66.6 cm³/mol. The number of amides is 1. The molecule has 0 saturated carbocycles. The zero-order chi connectivity index (χ0) is 15.3. The lowest BCUT2D eigenvalue weighted by Crippen LogP contribution is -2.41. The molecule has 0 bridgehead atoms. The first-order chi connectivity index (χ1) is 9.31. The molecule has 1 aromatic carbocycles. The minimum atomic E-state index is -1.41. The van der Waals surface area contributed by atoms with Crippen molar-refractivity contribution in [2.24, 2.45) is 0 Å². The average molecular weight is 284 g/mol. The van der Waals surface area contributed by atoms with Gasteiger partial charge in [-0.1, -0.05) is 0 Å². The van der Waals surface area contributed by atoms with Crippen LogP contribution in [0.4, 0.5) is 10.1 Å². The van der Waals surface area contributed by atoms with E-state index < -0.39 is 36.1 Å². The molecule has 108 valence electrons. The summed E-state index contributed by atoms with van der Waals surface area (Å²) in [5.74, 6) is -4.41. The Morgan fingerprint density at radius 2 is 1.95 bits per heavy atom. The van der Waals surface area contributed by atoms with Gasteiger partial charge in [0.15, 0.2) is 0 Å². The summed E-state index contributed by atoms with van der Waals surface area (Å²) in [5.41, 5.74) is 5.09. The van der Waals surface area contributed by atoms with Gasteiger partial charge in [0.25, 0.3) is 5.91 Å². The number of nitrogens with one attached hydrogen (secondary N) is 1. The second-order valence-electron chi connectivity index (χ2n) is 4.04. The highest BCUT2D eigenvalue weighted by atomic mass is 19.1. The molecule has 0 heterocycles. The van der Waals surface area contributed by atoms with Crippen LogP contribution in [0, 0.1) is 5.82 Å². The van der Waals surface area contributed by atoms with E-state index in [0.717, 1.165) is 12.1 Å². The summed E-state index contributed by atoms with van der Waals surface area (Å²) in [6.07, 6.45) is -0.728. The minimum Gasteiger partial charge on any atom is -0.481 e. The predicted octanol–water partition coefficient (Wildman–Crippen LogP) is 0.456. The number of hydrogen-bond donors (Lipinski definition) is 4. The molecular weight excluding hydrogens is 271 g/mol. The highest BCUT2D eigenvalue weighted by molar-refractivity contribution is 5.97. The number of halogens is 1. The van der Waals surface area contributed by atoms with Gasteiger partial charge in [0.2, 0.25) is 0 Å². The van der Waals surface area contributed by atoms with Crippen molar-refractivity contribution in [3.05, 3.63) is 29.6 Å². The van der Waals surface area contributed by atoms with Crippen LogP contribution in [-0.4, -0.2) is 34.1 Å². The van der Waals surface area contributed by atoms with E-state index in [2.05, 4.69) is 5.32 Å². The Balaban J connectivity index is 2.80. The molecule has 7 nitrogen and oxygen atoms in total. The summed E-state index contributed by atoms with van der Waals surface area (Å²) in [6.45, 7) is 0. The highest BCUT2D eigenvalue weighted by Gasteiger charge is 2.23. The molecule has 1 amide bonds. The second kappa shape index (κ2) is 6.50. The van der Waals surface area contributed by atoms with E-state index in [-0.39, 0.29) is 17.7 Å². The molecule has 1 atom stereocenters. The van der Waals surface area contributed by atoms with E-state index in [4.69, 9.17) is 15.9 Å². The maximum absolute atomic E-state index is 13.5. The van der Waals surface area contributed by atoms with Gasteiger partial charge in [0.05, 0.1) is 5.56 Å². The van der Waals surface area contributed by atoms with E-state index in [0.29, 0.717) is 0 Å². The molecule has 20 heavy (non-hydrogen) atoms. The van der Waals surface area contributed by atoms with Crippen LogP contribution in [0.25, 0.3) is 0 Å². The van der Waals surface area contributed by atoms with Crippen LogP contribution in [-0.2, 0) is 9.59 Å². The number of carbonyl (C=O) groups excluding carboxylic acids is 1. The standard InChI is InChI=1S/C12H13FN2O5/c13-8-5-6(14)1-2-7(8)11(18)15-9(12(19)20)3-4-10(16)17/h1-2,5,9H,3-4,14H2,(H,15,18)(H,16,17)(H,19,20). The SMILES string of the molecule is Nc1ccc(C(=O)NC(CCC(=O)O)C(=O)O)c(F)c1. The Morgan fingerprint density at radius 1 is 1.30 bits per heavy atom. The second-order valence-corrected chi connectivity index (χ2v) is 4.04. The normalized spacial score (nSPS) is 11.7. The monoisotopic (exact) mass is 284 g/mol.